The van der Waals surface area contributed by atoms with Crippen LogP contribution in [0.3, 0.4) is 0 Å². The van der Waals surface area contributed by atoms with Gasteiger partial charge in [0.15, 0.2) is 0 Å². The molecule has 0 heterocycles. The molecule has 0 bridgehead atoms. The summed E-state index contributed by atoms with van der Waals surface area (Å²) < 4.78 is 5.36. The molecule has 1 saturated carbocycles. The monoisotopic (exact) mass is 234 g/mol. The highest BCUT2D eigenvalue weighted by Crippen LogP contribution is 2.38. The van der Waals surface area contributed by atoms with Gasteiger partial charge in [-0.3, -0.25) is 0 Å². The third kappa shape index (κ3) is 3.47. The third-order valence-corrected chi connectivity index (χ3v) is 3.43. The van der Waals surface area contributed by atoms with Crippen LogP contribution in [-0.2, 0) is 6.42 Å². The largest absolute Gasteiger partial charge is 0.496 e. The Morgan fingerprint density at radius 1 is 1.41 bits per heavy atom. The molecule has 1 aliphatic rings. The van der Waals surface area contributed by atoms with E-state index in [-0.39, 0.29) is 0 Å². The normalized spacial score (nSPS) is 18.8. The van der Waals surface area contributed by atoms with Crippen molar-refractivity contribution in [1.82, 2.24) is 0 Å². The lowest BCUT2D eigenvalue weighted by Gasteiger charge is -2.24. The van der Waals surface area contributed by atoms with Crippen LogP contribution in [0.2, 0.25) is 0 Å². The Labute approximate surface area is 104 Å². The number of aryl methyl sites for hydroxylation is 1. The summed E-state index contributed by atoms with van der Waals surface area (Å²) >= 11 is 0. The van der Waals surface area contributed by atoms with E-state index in [2.05, 4.69) is 13.0 Å². The first-order valence-electron chi connectivity index (χ1n) is 6.36. The molecule has 1 unspecified atom stereocenters. The zero-order valence-electron chi connectivity index (χ0n) is 11.0. The molecule has 0 spiro atoms. The molecule has 0 radical (unpaired) electrons. The molecule has 1 aromatic carbocycles. The smallest absolute Gasteiger partial charge is 0.122 e. The van der Waals surface area contributed by atoms with Gasteiger partial charge in [-0.15, -0.1) is 0 Å². The Kier molecular flexibility index (Phi) is 3.43. The minimum Gasteiger partial charge on any atom is -0.496 e. The summed E-state index contributed by atoms with van der Waals surface area (Å²) in [4.78, 5) is 0. The van der Waals surface area contributed by atoms with Gasteiger partial charge in [-0.1, -0.05) is 30.5 Å². The molecule has 0 aromatic heterocycles. The van der Waals surface area contributed by atoms with Gasteiger partial charge in [0.05, 0.1) is 12.7 Å². The Bertz CT molecular complexity index is 392. The molecule has 0 saturated heterocycles. The predicted octanol–water partition coefficient (Wildman–Crippen LogP) is 3.10. The summed E-state index contributed by atoms with van der Waals surface area (Å²) in [7, 11) is 1.68. The lowest BCUT2D eigenvalue weighted by molar-refractivity contribution is 0.0449. The molecule has 0 amide bonds. The molecule has 2 heteroatoms. The van der Waals surface area contributed by atoms with E-state index in [1.165, 1.54) is 18.4 Å². The standard InChI is InChI=1S/C15H22O2/c1-11-4-7-14(17-3)13(8-11)10-15(2,16)9-12-5-6-12/h4,7-8,12,16H,5-6,9-10H2,1-3H3. The third-order valence-electron chi connectivity index (χ3n) is 3.43. The predicted molar refractivity (Wildman–Crippen MR) is 69.4 cm³/mol. The first-order chi connectivity index (χ1) is 8.00. The molecule has 1 fully saturated rings. The molecular weight excluding hydrogens is 212 g/mol. The zero-order valence-corrected chi connectivity index (χ0v) is 11.0. The maximum atomic E-state index is 10.4. The van der Waals surface area contributed by atoms with Crippen LogP contribution in [0.15, 0.2) is 18.2 Å². The van der Waals surface area contributed by atoms with Crippen LogP contribution in [0.25, 0.3) is 0 Å². The average Bonchev–Trinajstić information content (AvgIpc) is 3.00. The van der Waals surface area contributed by atoms with Crippen molar-refractivity contribution in [3.63, 3.8) is 0 Å². The van der Waals surface area contributed by atoms with Crippen molar-refractivity contribution in [2.45, 2.75) is 45.1 Å². The van der Waals surface area contributed by atoms with Crippen LogP contribution in [0.5, 0.6) is 5.75 Å². The van der Waals surface area contributed by atoms with Gasteiger partial charge < -0.3 is 9.84 Å². The van der Waals surface area contributed by atoms with E-state index in [0.29, 0.717) is 6.42 Å². The first-order valence-corrected chi connectivity index (χ1v) is 6.36. The summed E-state index contributed by atoms with van der Waals surface area (Å²) in [5, 5.41) is 10.4. The minimum absolute atomic E-state index is 0.609. The van der Waals surface area contributed by atoms with Gasteiger partial charge in [0.25, 0.3) is 0 Å². The number of aliphatic hydroxyl groups is 1. The Morgan fingerprint density at radius 2 is 2.12 bits per heavy atom. The van der Waals surface area contributed by atoms with Gasteiger partial charge >= 0.3 is 0 Å². The topological polar surface area (TPSA) is 29.5 Å². The second-order valence-electron chi connectivity index (χ2n) is 5.64. The van der Waals surface area contributed by atoms with Gasteiger partial charge in [-0.25, -0.2) is 0 Å². The maximum absolute atomic E-state index is 10.4. The van der Waals surface area contributed by atoms with Crippen molar-refractivity contribution in [2.24, 2.45) is 5.92 Å². The van der Waals surface area contributed by atoms with E-state index < -0.39 is 5.60 Å². The number of benzene rings is 1. The summed E-state index contributed by atoms with van der Waals surface area (Å²) in [5.41, 5.74) is 1.71. The van der Waals surface area contributed by atoms with Crippen LogP contribution in [0.1, 0.15) is 37.3 Å². The lowest BCUT2D eigenvalue weighted by atomic mass is 9.90. The van der Waals surface area contributed by atoms with Gasteiger partial charge in [-0.05, 0) is 37.8 Å². The molecule has 1 N–H and O–H groups in total. The summed E-state index contributed by atoms with van der Waals surface area (Å²) in [6.45, 7) is 4.01. The number of hydrogen-bond acceptors (Lipinski definition) is 2. The number of methoxy groups -OCH3 is 1. The Balaban J connectivity index is 2.12. The molecule has 2 rings (SSSR count). The van der Waals surface area contributed by atoms with Gasteiger partial charge in [0.1, 0.15) is 5.75 Å². The molecule has 0 aliphatic heterocycles. The SMILES string of the molecule is COc1ccc(C)cc1CC(C)(O)CC1CC1. The summed E-state index contributed by atoms with van der Waals surface area (Å²) in [6.07, 6.45) is 4.14. The van der Waals surface area contributed by atoms with Crippen molar-refractivity contribution < 1.29 is 9.84 Å². The van der Waals surface area contributed by atoms with Crippen LogP contribution in [0.4, 0.5) is 0 Å². The van der Waals surface area contributed by atoms with Crippen LogP contribution in [-0.4, -0.2) is 17.8 Å². The van der Waals surface area contributed by atoms with Crippen molar-refractivity contribution in [3.8, 4) is 5.75 Å². The number of ether oxygens (including phenoxy) is 1. The second-order valence-corrected chi connectivity index (χ2v) is 5.64. The van der Waals surface area contributed by atoms with Crippen molar-refractivity contribution in [1.29, 1.82) is 0 Å². The van der Waals surface area contributed by atoms with Gasteiger partial charge in [0.2, 0.25) is 0 Å². The number of hydrogen-bond donors (Lipinski definition) is 1. The fourth-order valence-corrected chi connectivity index (χ4v) is 2.47. The summed E-state index contributed by atoms with van der Waals surface area (Å²) in [5.74, 6) is 1.62. The maximum Gasteiger partial charge on any atom is 0.122 e. The second kappa shape index (κ2) is 4.69. The van der Waals surface area contributed by atoms with Crippen molar-refractivity contribution in [2.75, 3.05) is 7.11 Å². The lowest BCUT2D eigenvalue weighted by Crippen LogP contribution is -2.28. The van der Waals surface area contributed by atoms with Crippen molar-refractivity contribution in [3.05, 3.63) is 29.3 Å². The van der Waals surface area contributed by atoms with Gasteiger partial charge in [-0.2, -0.15) is 0 Å². The molecular formula is C15H22O2. The average molecular weight is 234 g/mol. The molecule has 1 aliphatic carbocycles. The highest BCUT2D eigenvalue weighted by Gasteiger charge is 2.32. The minimum atomic E-state index is -0.609. The number of rotatable bonds is 5. The van der Waals surface area contributed by atoms with E-state index in [0.717, 1.165) is 23.7 Å². The summed E-state index contributed by atoms with van der Waals surface area (Å²) in [6, 6.07) is 6.13. The van der Waals surface area contributed by atoms with E-state index >= 15 is 0 Å². The van der Waals surface area contributed by atoms with Crippen molar-refractivity contribution >= 4 is 0 Å². The first kappa shape index (κ1) is 12.4. The fraction of sp³-hybridized carbons (Fsp3) is 0.600. The quantitative estimate of drug-likeness (QED) is 0.848. The van der Waals surface area contributed by atoms with E-state index in [1.54, 1.807) is 7.11 Å². The molecule has 94 valence electrons. The van der Waals surface area contributed by atoms with Crippen LogP contribution >= 0.6 is 0 Å². The van der Waals surface area contributed by atoms with Crippen LogP contribution in [0, 0.1) is 12.8 Å². The zero-order chi connectivity index (χ0) is 12.5. The van der Waals surface area contributed by atoms with E-state index in [9.17, 15) is 5.11 Å². The highest BCUT2D eigenvalue weighted by molar-refractivity contribution is 5.37. The van der Waals surface area contributed by atoms with Crippen LogP contribution < -0.4 is 4.74 Å². The van der Waals surface area contributed by atoms with Gasteiger partial charge in [0, 0.05) is 6.42 Å². The van der Waals surface area contributed by atoms with E-state index in [4.69, 9.17) is 4.74 Å². The van der Waals surface area contributed by atoms with E-state index in [1.807, 2.05) is 19.1 Å². The Morgan fingerprint density at radius 3 is 2.71 bits per heavy atom. The fourth-order valence-electron chi connectivity index (χ4n) is 2.47. The molecule has 1 atom stereocenters. The molecule has 1 aromatic rings. The Hall–Kier alpha value is -1.02. The highest BCUT2D eigenvalue weighted by atomic mass is 16.5. The molecule has 17 heavy (non-hydrogen) atoms. The molecule has 2 nitrogen and oxygen atoms in total.